The summed E-state index contributed by atoms with van der Waals surface area (Å²) in [5, 5.41) is 23.3. The van der Waals surface area contributed by atoms with Gasteiger partial charge in [-0.1, -0.05) is 30.3 Å². The van der Waals surface area contributed by atoms with E-state index in [1.165, 1.54) is 18.2 Å². The van der Waals surface area contributed by atoms with Gasteiger partial charge in [0.25, 0.3) is 11.6 Å². The van der Waals surface area contributed by atoms with E-state index < -0.39 is 16.9 Å². The van der Waals surface area contributed by atoms with Gasteiger partial charge in [-0.15, -0.1) is 0 Å². The molecule has 0 saturated carbocycles. The highest BCUT2D eigenvalue weighted by molar-refractivity contribution is 6.00. The molecule has 2 rings (SSSR count). The highest BCUT2D eigenvalue weighted by atomic mass is 16.6. The number of non-ortho nitro benzene ring substituents is 1. The number of nitrogens with one attached hydrogen (secondary N) is 1. The first-order valence-corrected chi connectivity index (χ1v) is 7.36. The van der Waals surface area contributed by atoms with Gasteiger partial charge in [-0.2, -0.15) is 0 Å². The van der Waals surface area contributed by atoms with E-state index in [1.54, 1.807) is 31.1 Å². The molecule has 2 aromatic rings. The second-order valence-corrected chi connectivity index (χ2v) is 5.47. The van der Waals surface area contributed by atoms with E-state index in [-0.39, 0.29) is 17.9 Å². The van der Waals surface area contributed by atoms with Crippen LogP contribution in [-0.2, 0) is 0 Å². The molecule has 0 bridgehead atoms. The van der Waals surface area contributed by atoms with Gasteiger partial charge in [0.15, 0.2) is 0 Å². The fourth-order valence-electron chi connectivity index (χ4n) is 2.37. The number of nitro groups is 1. The molecule has 0 fully saturated rings. The molecule has 126 valence electrons. The number of anilines is 1. The summed E-state index contributed by atoms with van der Waals surface area (Å²) in [6, 6.07) is 12.6. The molecule has 7 heteroatoms. The fraction of sp³-hybridized carbons (Fsp3) is 0.235. The number of benzene rings is 2. The first kappa shape index (κ1) is 17.4. The highest BCUT2D eigenvalue weighted by Gasteiger charge is 2.21. The summed E-state index contributed by atoms with van der Waals surface area (Å²) in [6.07, 6.45) is 0. The van der Waals surface area contributed by atoms with Crippen LogP contribution in [0, 0.1) is 10.1 Å². The summed E-state index contributed by atoms with van der Waals surface area (Å²) in [4.78, 5) is 24.8. The number of carbonyl (C=O) groups excluding carboxylic acids is 1. The Labute approximate surface area is 139 Å². The molecule has 0 aliphatic heterocycles. The van der Waals surface area contributed by atoms with Crippen molar-refractivity contribution in [2.45, 2.75) is 6.04 Å². The number of carbonyl (C=O) groups is 1. The van der Waals surface area contributed by atoms with Crippen molar-refractivity contribution in [1.29, 1.82) is 0 Å². The zero-order valence-electron chi connectivity index (χ0n) is 13.5. The Bertz CT molecular complexity index is 732. The molecule has 0 spiro atoms. The summed E-state index contributed by atoms with van der Waals surface area (Å²) >= 11 is 0. The predicted octanol–water partition coefficient (Wildman–Crippen LogP) is 2.12. The van der Waals surface area contributed by atoms with E-state index in [1.807, 2.05) is 18.2 Å². The maximum atomic E-state index is 12.6. The third kappa shape index (κ3) is 3.88. The number of aliphatic hydroxyl groups excluding tert-OH is 1. The van der Waals surface area contributed by atoms with E-state index in [9.17, 15) is 20.0 Å². The lowest BCUT2D eigenvalue weighted by molar-refractivity contribution is -0.384. The first-order valence-electron chi connectivity index (χ1n) is 7.36. The Morgan fingerprint density at radius 3 is 2.46 bits per heavy atom. The number of hydrogen-bond acceptors (Lipinski definition) is 5. The molecule has 0 unspecified atom stereocenters. The molecule has 0 aliphatic rings. The van der Waals surface area contributed by atoms with Crippen molar-refractivity contribution in [1.82, 2.24) is 5.32 Å². The maximum absolute atomic E-state index is 12.6. The van der Waals surface area contributed by atoms with Crippen LogP contribution in [0.1, 0.15) is 22.0 Å². The van der Waals surface area contributed by atoms with Crippen molar-refractivity contribution < 1.29 is 14.8 Å². The monoisotopic (exact) mass is 329 g/mol. The molecular formula is C17H19N3O4. The average molecular weight is 329 g/mol. The van der Waals surface area contributed by atoms with Crippen LogP contribution in [0.15, 0.2) is 48.5 Å². The molecular weight excluding hydrogens is 310 g/mol. The molecule has 24 heavy (non-hydrogen) atoms. The zero-order valence-corrected chi connectivity index (χ0v) is 13.5. The Morgan fingerprint density at radius 1 is 1.25 bits per heavy atom. The van der Waals surface area contributed by atoms with Crippen LogP contribution in [-0.4, -0.2) is 36.6 Å². The van der Waals surface area contributed by atoms with Gasteiger partial charge in [0.05, 0.1) is 23.1 Å². The van der Waals surface area contributed by atoms with E-state index in [4.69, 9.17) is 0 Å². The van der Waals surface area contributed by atoms with Crippen LogP contribution in [0.3, 0.4) is 0 Å². The Balaban J connectivity index is 2.34. The molecule has 1 amide bonds. The Kier molecular flexibility index (Phi) is 5.49. The van der Waals surface area contributed by atoms with Gasteiger partial charge in [0.2, 0.25) is 0 Å². The number of aliphatic hydroxyl groups is 1. The SMILES string of the molecule is CN(C)c1ccc([N+](=O)[O-])cc1C(=O)N[C@H](CO)c1ccccc1. The van der Waals surface area contributed by atoms with Gasteiger partial charge in [0.1, 0.15) is 0 Å². The lowest BCUT2D eigenvalue weighted by Crippen LogP contribution is -2.32. The molecule has 0 radical (unpaired) electrons. The van der Waals surface area contributed by atoms with Gasteiger partial charge in [-0.3, -0.25) is 14.9 Å². The van der Waals surface area contributed by atoms with Crippen molar-refractivity contribution in [2.24, 2.45) is 0 Å². The van der Waals surface area contributed by atoms with Crippen molar-refractivity contribution in [2.75, 3.05) is 25.6 Å². The molecule has 2 N–H and O–H groups in total. The second-order valence-electron chi connectivity index (χ2n) is 5.47. The molecule has 0 aromatic heterocycles. The van der Waals surface area contributed by atoms with Gasteiger partial charge in [-0.05, 0) is 11.6 Å². The zero-order chi connectivity index (χ0) is 17.7. The van der Waals surface area contributed by atoms with E-state index in [0.717, 1.165) is 5.56 Å². The van der Waals surface area contributed by atoms with Gasteiger partial charge >= 0.3 is 0 Å². The fourth-order valence-corrected chi connectivity index (χ4v) is 2.37. The minimum absolute atomic E-state index is 0.161. The van der Waals surface area contributed by atoms with Crippen LogP contribution in [0.5, 0.6) is 0 Å². The van der Waals surface area contributed by atoms with E-state index in [0.29, 0.717) is 5.69 Å². The first-order chi connectivity index (χ1) is 11.4. The number of amides is 1. The molecule has 2 aromatic carbocycles. The van der Waals surface area contributed by atoms with Crippen molar-refractivity contribution >= 4 is 17.3 Å². The number of hydrogen-bond donors (Lipinski definition) is 2. The minimum Gasteiger partial charge on any atom is -0.394 e. The average Bonchev–Trinajstić information content (AvgIpc) is 2.59. The maximum Gasteiger partial charge on any atom is 0.270 e. The standard InChI is InChI=1S/C17H19N3O4/c1-19(2)16-9-8-13(20(23)24)10-14(16)17(22)18-15(11-21)12-6-4-3-5-7-12/h3-10,15,21H,11H2,1-2H3,(H,18,22)/t15-/m1/s1. The van der Waals surface area contributed by atoms with Crippen LogP contribution in [0.2, 0.25) is 0 Å². The molecule has 7 nitrogen and oxygen atoms in total. The highest BCUT2D eigenvalue weighted by Crippen LogP contribution is 2.25. The van der Waals surface area contributed by atoms with Crippen LogP contribution >= 0.6 is 0 Å². The normalized spacial score (nSPS) is 11.6. The van der Waals surface area contributed by atoms with Gasteiger partial charge in [-0.25, -0.2) is 0 Å². The van der Waals surface area contributed by atoms with Crippen molar-refractivity contribution in [3.8, 4) is 0 Å². The Hall–Kier alpha value is -2.93. The van der Waals surface area contributed by atoms with Crippen molar-refractivity contribution in [3.63, 3.8) is 0 Å². The summed E-state index contributed by atoms with van der Waals surface area (Å²) in [6.45, 7) is -0.276. The number of nitro benzene ring substituents is 1. The lowest BCUT2D eigenvalue weighted by atomic mass is 10.1. The quantitative estimate of drug-likeness (QED) is 0.625. The summed E-state index contributed by atoms with van der Waals surface area (Å²) in [7, 11) is 3.50. The summed E-state index contributed by atoms with van der Waals surface area (Å²) in [5.74, 6) is -0.481. The van der Waals surface area contributed by atoms with Gasteiger partial charge in [0, 0.05) is 31.9 Å². The van der Waals surface area contributed by atoms with Crippen LogP contribution in [0.4, 0.5) is 11.4 Å². The topological polar surface area (TPSA) is 95.7 Å². The van der Waals surface area contributed by atoms with Crippen LogP contribution < -0.4 is 10.2 Å². The number of rotatable bonds is 6. The molecule has 0 saturated heterocycles. The molecule has 0 aliphatic carbocycles. The third-order valence-corrected chi connectivity index (χ3v) is 3.61. The minimum atomic E-state index is -0.590. The largest absolute Gasteiger partial charge is 0.394 e. The van der Waals surface area contributed by atoms with Crippen LogP contribution in [0.25, 0.3) is 0 Å². The van der Waals surface area contributed by atoms with Crippen molar-refractivity contribution in [3.05, 3.63) is 69.8 Å². The smallest absolute Gasteiger partial charge is 0.270 e. The lowest BCUT2D eigenvalue weighted by Gasteiger charge is -2.20. The van der Waals surface area contributed by atoms with E-state index >= 15 is 0 Å². The van der Waals surface area contributed by atoms with E-state index in [2.05, 4.69) is 5.32 Å². The summed E-state index contributed by atoms with van der Waals surface area (Å²) < 4.78 is 0. The molecule has 1 atom stereocenters. The third-order valence-electron chi connectivity index (χ3n) is 3.61. The Morgan fingerprint density at radius 2 is 1.92 bits per heavy atom. The van der Waals surface area contributed by atoms with Gasteiger partial charge < -0.3 is 15.3 Å². The molecule has 0 heterocycles. The second kappa shape index (κ2) is 7.56. The summed E-state index contributed by atoms with van der Waals surface area (Å²) in [5.41, 5.74) is 1.34. The number of nitrogens with zero attached hydrogens (tertiary/aromatic N) is 2. The predicted molar refractivity (Wildman–Crippen MR) is 91.2 cm³/mol.